The van der Waals surface area contributed by atoms with Gasteiger partial charge in [-0.2, -0.15) is 13.2 Å². The SMILES string of the molecule is NC1CCCC(OCCSC(F)(F)F)C1. The van der Waals surface area contributed by atoms with Crippen molar-refractivity contribution < 1.29 is 17.9 Å². The highest BCUT2D eigenvalue weighted by molar-refractivity contribution is 8.00. The van der Waals surface area contributed by atoms with Crippen molar-refractivity contribution >= 4 is 11.8 Å². The fraction of sp³-hybridized carbons (Fsp3) is 1.00. The van der Waals surface area contributed by atoms with E-state index in [9.17, 15) is 13.2 Å². The van der Waals surface area contributed by atoms with E-state index in [4.69, 9.17) is 10.5 Å². The van der Waals surface area contributed by atoms with Gasteiger partial charge in [0.05, 0.1) is 12.7 Å². The number of hydrogen-bond acceptors (Lipinski definition) is 3. The molecule has 15 heavy (non-hydrogen) atoms. The summed E-state index contributed by atoms with van der Waals surface area (Å²) in [6.45, 7) is 0.154. The Kier molecular flexibility index (Phi) is 5.22. The van der Waals surface area contributed by atoms with Gasteiger partial charge in [-0.05, 0) is 37.4 Å². The van der Waals surface area contributed by atoms with Crippen molar-refractivity contribution in [1.82, 2.24) is 0 Å². The van der Waals surface area contributed by atoms with Gasteiger partial charge in [0.15, 0.2) is 0 Å². The quantitative estimate of drug-likeness (QED) is 0.771. The molecule has 1 saturated carbocycles. The van der Waals surface area contributed by atoms with Crippen LogP contribution in [0.1, 0.15) is 25.7 Å². The standard InChI is InChI=1S/C9H16F3NOS/c10-9(11,12)15-5-4-14-8-3-1-2-7(13)6-8/h7-8H,1-6,13H2. The molecule has 0 spiro atoms. The van der Waals surface area contributed by atoms with Crippen molar-refractivity contribution in [3.05, 3.63) is 0 Å². The number of alkyl halides is 3. The third-order valence-corrected chi connectivity index (χ3v) is 3.07. The monoisotopic (exact) mass is 243 g/mol. The number of hydrogen-bond donors (Lipinski definition) is 1. The van der Waals surface area contributed by atoms with Crippen LogP contribution < -0.4 is 5.73 Å². The van der Waals surface area contributed by atoms with Crippen LogP contribution in [0.25, 0.3) is 0 Å². The predicted octanol–water partition coefficient (Wildman–Crippen LogP) is 2.53. The third-order valence-electron chi connectivity index (χ3n) is 2.37. The summed E-state index contributed by atoms with van der Waals surface area (Å²) >= 11 is -0.0333. The van der Waals surface area contributed by atoms with E-state index in [1.807, 2.05) is 0 Å². The van der Waals surface area contributed by atoms with E-state index in [1.54, 1.807) is 0 Å². The lowest BCUT2D eigenvalue weighted by molar-refractivity contribution is -0.0337. The average molecular weight is 243 g/mol. The second-order valence-corrected chi connectivity index (χ2v) is 4.87. The highest BCUT2D eigenvalue weighted by Gasteiger charge is 2.28. The molecule has 2 atom stereocenters. The van der Waals surface area contributed by atoms with E-state index in [2.05, 4.69) is 0 Å². The van der Waals surface area contributed by atoms with Gasteiger partial charge in [0.2, 0.25) is 0 Å². The highest BCUT2D eigenvalue weighted by atomic mass is 32.2. The summed E-state index contributed by atoms with van der Waals surface area (Å²) in [7, 11) is 0. The Balaban J connectivity index is 2.04. The van der Waals surface area contributed by atoms with E-state index in [1.165, 1.54) is 0 Å². The average Bonchev–Trinajstić information content (AvgIpc) is 2.11. The second-order valence-electron chi connectivity index (χ2n) is 3.71. The molecule has 0 aromatic rings. The first-order chi connectivity index (χ1) is 6.97. The van der Waals surface area contributed by atoms with Crippen molar-refractivity contribution in [2.45, 2.75) is 43.3 Å². The van der Waals surface area contributed by atoms with Crippen molar-refractivity contribution in [1.29, 1.82) is 0 Å². The van der Waals surface area contributed by atoms with Gasteiger partial charge < -0.3 is 10.5 Å². The molecule has 0 bridgehead atoms. The molecule has 6 heteroatoms. The predicted molar refractivity (Wildman–Crippen MR) is 54.7 cm³/mol. The molecule has 0 aliphatic heterocycles. The summed E-state index contributed by atoms with van der Waals surface area (Å²) in [5.41, 5.74) is 1.59. The van der Waals surface area contributed by atoms with Crippen LogP contribution in [0, 0.1) is 0 Å². The fourth-order valence-electron chi connectivity index (χ4n) is 1.70. The molecular formula is C9H16F3NOS. The lowest BCUT2D eigenvalue weighted by Gasteiger charge is -2.26. The molecule has 2 nitrogen and oxygen atoms in total. The molecule has 1 aliphatic carbocycles. The molecule has 0 saturated heterocycles. The first kappa shape index (κ1) is 13.1. The number of halogens is 3. The van der Waals surface area contributed by atoms with Gasteiger partial charge in [-0.3, -0.25) is 0 Å². The molecule has 90 valence electrons. The minimum Gasteiger partial charge on any atom is -0.377 e. The summed E-state index contributed by atoms with van der Waals surface area (Å²) in [4.78, 5) is 0. The summed E-state index contributed by atoms with van der Waals surface area (Å²) < 4.78 is 40.7. The molecule has 0 amide bonds. The van der Waals surface area contributed by atoms with Crippen LogP contribution >= 0.6 is 11.8 Å². The Morgan fingerprint density at radius 1 is 1.33 bits per heavy atom. The van der Waals surface area contributed by atoms with Crippen LogP contribution in [0.15, 0.2) is 0 Å². The number of thioether (sulfide) groups is 1. The zero-order chi connectivity index (χ0) is 11.3. The molecule has 0 aromatic heterocycles. The van der Waals surface area contributed by atoms with Crippen LogP contribution in [-0.4, -0.2) is 30.0 Å². The van der Waals surface area contributed by atoms with Gasteiger partial charge in [0.25, 0.3) is 0 Å². The van der Waals surface area contributed by atoms with Crippen LogP contribution in [0.4, 0.5) is 13.2 Å². The zero-order valence-electron chi connectivity index (χ0n) is 8.43. The molecular weight excluding hydrogens is 227 g/mol. The Labute approximate surface area is 91.7 Å². The molecule has 0 heterocycles. The Bertz CT molecular complexity index is 189. The largest absolute Gasteiger partial charge is 0.441 e. The summed E-state index contributed by atoms with van der Waals surface area (Å²) in [5.74, 6) is -0.0325. The number of nitrogens with two attached hydrogens (primary N) is 1. The minimum absolute atomic E-state index is 0.0325. The lowest BCUT2D eigenvalue weighted by atomic mass is 9.94. The van der Waals surface area contributed by atoms with Gasteiger partial charge in [-0.25, -0.2) is 0 Å². The van der Waals surface area contributed by atoms with Crippen LogP contribution in [-0.2, 0) is 4.74 Å². The molecule has 1 rings (SSSR count). The van der Waals surface area contributed by atoms with Crippen LogP contribution in [0.2, 0.25) is 0 Å². The highest BCUT2D eigenvalue weighted by Crippen LogP contribution is 2.30. The number of ether oxygens (including phenoxy) is 1. The summed E-state index contributed by atoms with van der Waals surface area (Å²) in [5, 5.41) is 0. The first-order valence-corrected chi connectivity index (χ1v) is 6.04. The van der Waals surface area contributed by atoms with Crippen molar-refractivity contribution in [3.8, 4) is 0 Å². The Morgan fingerprint density at radius 3 is 2.67 bits per heavy atom. The molecule has 0 radical (unpaired) electrons. The molecule has 1 fully saturated rings. The smallest absolute Gasteiger partial charge is 0.377 e. The minimum atomic E-state index is -4.15. The van der Waals surface area contributed by atoms with Gasteiger partial charge in [0.1, 0.15) is 0 Å². The maximum Gasteiger partial charge on any atom is 0.441 e. The molecule has 2 unspecified atom stereocenters. The van der Waals surface area contributed by atoms with Gasteiger partial charge in [-0.1, -0.05) is 0 Å². The van der Waals surface area contributed by atoms with Gasteiger partial charge >= 0.3 is 5.51 Å². The van der Waals surface area contributed by atoms with Crippen molar-refractivity contribution in [2.24, 2.45) is 5.73 Å². The van der Waals surface area contributed by atoms with E-state index < -0.39 is 5.51 Å². The molecule has 1 aliphatic rings. The molecule has 0 aromatic carbocycles. The van der Waals surface area contributed by atoms with Crippen LogP contribution in [0.3, 0.4) is 0 Å². The normalized spacial score (nSPS) is 28.0. The lowest BCUT2D eigenvalue weighted by Crippen LogP contribution is -2.32. The van der Waals surface area contributed by atoms with E-state index in [0.29, 0.717) is 0 Å². The molecule has 2 N–H and O–H groups in total. The topological polar surface area (TPSA) is 35.2 Å². The maximum absolute atomic E-state index is 11.8. The third kappa shape index (κ3) is 6.27. The Morgan fingerprint density at radius 2 is 2.07 bits per heavy atom. The van der Waals surface area contributed by atoms with Crippen molar-refractivity contribution in [2.75, 3.05) is 12.4 Å². The van der Waals surface area contributed by atoms with Crippen molar-refractivity contribution in [3.63, 3.8) is 0 Å². The maximum atomic E-state index is 11.8. The van der Waals surface area contributed by atoms with Crippen LogP contribution in [0.5, 0.6) is 0 Å². The Hall–Kier alpha value is 0.0600. The van der Waals surface area contributed by atoms with E-state index in [-0.39, 0.29) is 36.3 Å². The first-order valence-electron chi connectivity index (χ1n) is 5.05. The van der Waals surface area contributed by atoms with E-state index in [0.717, 1.165) is 25.7 Å². The van der Waals surface area contributed by atoms with Gasteiger partial charge in [-0.15, -0.1) is 0 Å². The fourth-order valence-corrected chi connectivity index (χ4v) is 2.12. The second kappa shape index (κ2) is 5.96. The van der Waals surface area contributed by atoms with Gasteiger partial charge in [0, 0.05) is 11.8 Å². The summed E-state index contributed by atoms with van der Waals surface area (Å²) in [6, 6.07) is 0.152. The zero-order valence-corrected chi connectivity index (χ0v) is 9.24. The number of rotatable bonds is 4. The van der Waals surface area contributed by atoms with E-state index >= 15 is 0 Å². The summed E-state index contributed by atoms with van der Waals surface area (Å²) in [6.07, 6.45) is 3.76.